The fraction of sp³-hybridized carbons (Fsp3) is 0.294. The Morgan fingerprint density at radius 2 is 1.91 bits per heavy atom. The van der Waals surface area contributed by atoms with Gasteiger partial charge in [-0.15, -0.1) is 0 Å². The zero-order valence-corrected chi connectivity index (χ0v) is 12.8. The Labute approximate surface area is 129 Å². The van der Waals surface area contributed by atoms with Gasteiger partial charge < -0.3 is 14.8 Å². The Morgan fingerprint density at radius 3 is 2.59 bits per heavy atom. The second kappa shape index (κ2) is 5.33. The zero-order chi connectivity index (χ0) is 15.7. The molecule has 0 aliphatic carbocycles. The molecule has 2 aromatic rings. The molecule has 5 heteroatoms. The molecule has 1 aliphatic heterocycles. The molecule has 1 aromatic heterocycles. The van der Waals surface area contributed by atoms with Crippen molar-refractivity contribution in [3.05, 3.63) is 47.8 Å². The first-order chi connectivity index (χ1) is 10.4. The summed E-state index contributed by atoms with van der Waals surface area (Å²) in [6, 6.07) is 8.98. The summed E-state index contributed by atoms with van der Waals surface area (Å²) in [4.78, 5) is 16.6. The van der Waals surface area contributed by atoms with E-state index in [-0.39, 0.29) is 18.1 Å². The molecule has 5 nitrogen and oxygen atoms in total. The van der Waals surface area contributed by atoms with Crippen molar-refractivity contribution in [3.8, 4) is 11.5 Å². The lowest BCUT2D eigenvalue weighted by atomic mass is 9.91. The van der Waals surface area contributed by atoms with Crippen molar-refractivity contribution in [3.63, 3.8) is 0 Å². The first kappa shape index (κ1) is 14.4. The van der Waals surface area contributed by atoms with Crippen LogP contribution >= 0.6 is 0 Å². The van der Waals surface area contributed by atoms with Gasteiger partial charge in [-0.2, -0.15) is 0 Å². The van der Waals surface area contributed by atoms with Gasteiger partial charge in [0.15, 0.2) is 11.5 Å². The summed E-state index contributed by atoms with van der Waals surface area (Å²) in [7, 11) is 0. The van der Waals surface area contributed by atoms with E-state index in [2.05, 4.69) is 31.1 Å². The quantitative estimate of drug-likeness (QED) is 0.923. The number of pyridine rings is 1. The minimum atomic E-state index is -0.202. The van der Waals surface area contributed by atoms with Gasteiger partial charge in [0.2, 0.25) is 6.79 Å². The van der Waals surface area contributed by atoms with Crippen molar-refractivity contribution in [2.45, 2.75) is 26.2 Å². The Hall–Kier alpha value is -2.56. The number of rotatable bonds is 2. The van der Waals surface area contributed by atoms with Gasteiger partial charge in [0.25, 0.3) is 5.91 Å². The molecule has 2 heterocycles. The van der Waals surface area contributed by atoms with Crippen LogP contribution in [0.15, 0.2) is 36.5 Å². The van der Waals surface area contributed by atoms with Gasteiger partial charge in [-0.25, -0.2) is 0 Å². The van der Waals surface area contributed by atoms with Crippen molar-refractivity contribution in [2.24, 2.45) is 0 Å². The van der Waals surface area contributed by atoms with Gasteiger partial charge in [-0.1, -0.05) is 20.8 Å². The Kier molecular flexibility index (Phi) is 3.48. The predicted octanol–water partition coefficient (Wildman–Crippen LogP) is 3.36. The summed E-state index contributed by atoms with van der Waals surface area (Å²) in [5, 5.41) is 2.83. The van der Waals surface area contributed by atoms with Gasteiger partial charge in [0.1, 0.15) is 0 Å². The largest absolute Gasteiger partial charge is 0.454 e. The van der Waals surface area contributed by atoms with E-state index in [1.165, 1.54) is 0 Å². The highest BCUT2D eigenvalue weighted by Gasteiger charge is 2.17. The van der Waals surface area contributed by atoms with Crippen LogP contribution in [0.1, 0.15) is 36.8 Å². The molecular weight excluding hydrogens is 280 g/mol. The topological polar surface area (TPSA) is 60.5 Å². The number of anilines is 1. The van der Waals surface area contributed by atoms with Gasteiger partial charge >= 0.3 is 0 Å². The molecule has 0 radical (unpaired) electrons. The van der Waals surface area contributed by atoms with Gasteiger partial charge in [-0.05, 0) is 24.3 Å². The minimum Gasteiger partial charge on any atom is -0.454 e. The maximum atomic E-state index is 12.3. The minimum absolute atomic E-state index is 0.0354. The number of hydrogen-bond acceptors (Lipinski definition) is 4. The standard InChI is InChI=1S/C17H18N2O3/c1-17(2,3)15-7-4-11(9-18-15)16(20)19-12-5-6-13-14(8-12)22-10-21-13/h4-9H,10H2,1-3H3,(H,19,20). The summed E-state index contributed by atoms with van der Waals surface area (Å²) in [5.74, 6) is 1.13. The highest BCUT2D eigenvalue weighted by Crippen LogP contribution is 2.34. The molecule has 1 aliphatic rings. The van der Waals surface area contributed by atoms with Crippen molar-refractivity contribution < 1.29 is 14.3 Å². The molecule has 114 valence electrons. The molecule has 1 N–H and O–H groups in total. The van der Waals surface area contributed by atoms with Gasteiger partial charge in [0, 0.05) is 29.1 Å². The number of carbonyl (C=O) groups is 1. The molecule has 0 spiro atoms. The van der Waals surface area contributed by atoms with Crippen LogP contribution in [0.5, 0.6) is 11.5 Å². The van der Waals surface area contributed by atoms with E-state index in [1.54, 1.807) is 30.5 Å². The van der Waals surface area contributed by atoms with Crippen molar-refractivity contribution >= 4 is 11.6 Å². The predicted molar refractivity (Wildman–Crippen MR) is 83.5 cm³/mol. The van der Waals surface area contributed by atoms with E-state index < -0.39 is 0 Å². The second-order valence-corrected chi connectivity index (χ2v) is 6.20. The van der Waals surface area contributed by atoms with Crippen LogP contribution in [-0.2, 0) is 5.41 Å². The van der Waals surface area contributed by atoms with E-state index in [0.29, 0.717) is 22.7 Å². The van der Waals surface area contributed by atoms with Crippen molar-refractivity contribution in [1.29, 1.82) is 0 Å². The normalized spacial score (nSPS) is 13.0. The highest BCUT2D eigenvalue weighted by molar-refractivity contribution is 6.04. The number of benzene rings is 1. The molecule has 0 saturated carbocycles. The molecule has 0 saturated heterocycles. The molecule has 0 atom stereocenters. The average Bonchev–Trinajstić information content (AvgIpc) is 2.94. The summed E-state index contributed by atoms with van der Waals surface area (Å²) in [5.41, 5.74) is 2.10. The van der Waals surface area contributed by atoms with Crippen molar-refractivity contribution in [2.75, 3.05) is 12.1 Å². The summed E-state index contributed by atoms with van der Waals surface area (Å²) >= 11 is 0. The first-order valence-corrected chi connectivity index (χ1v) is 7.11. The van der Waals surface area contributed by atoms with Crippen LogP contribution in [-0.4, -0.2) is 17.7 Å². The maximum absolute atomic E-state index is 12.3. The highest BCUT2D eigenvalue weighted by atomic mass is 16.7. The van der Waals surface area contributed by atoms with Crippen LogP contribution in [0.2, 0.25) is 0 Å². The van der Waals surface area contributed by atoms with Crippen molar-refractivity contribution in [1.82, 2.24) is 4.98 Å². The van der Waals surface area contributed by atoms with E-state index in [0.717, 1.165) is 5.69 Å². The lowest BCUT2D eigenvalue weighted by Crippen LogP contribution is -2.16. The Morgan fingerprint density at radius 1 is 1.14 bits per heavy atom. The molecule has 3 rings (SSSR count). The zero-order valence-electron chi connectivity index (χ0n) is 12.8. The Balaban J connectivity index is 1.74. The summed E-state index contributed by atoms with van der Waals surface area (Å²) in [6.45, 7) is 6.47. The van der Waals surface area contributed by atoms with E-state index in [4.69, 9.17) is 9.47 Å². The lowest BCUT2D eigenvalue weighted by molar-refractivity contribution is 0.102. The van der Waals surface area contributed by atoms with Crippen LogP contribution in [0.4, 0.5) is 5.69 Å². The number of carbonyl (C=O) groups excluding carboxylic acids is 1. The van der Waals surface area contributed by atoms with Gasteiger partial charge in [0.05, 0.1) is 5.56 Å². The SMILES string of the molecule is CC(C)(C)c1ccc(C(=O)Nc2ccc3c(c2)OCO3)cn1. The number of hydrogen-bond donors (Lipinski definition) is 1. The third kappa shape index (κ3) is 2.88. The number of aromatic nitrogens is 1. The molecule has 22 heavy (non-hydrogen) atoms. The fourth-order valence-corrected chi connectivity index (χ4v) is 2.15. The van der Waals surface area contributed by atoms with Crippen LogP contribution in [0.25, 0.3) is 0 Å². The molecule has 0 unspecified atom stereocenters. The maximum Gasteiger partial charge on any atom is 0.257 e. The molecule has 0 fully saturated rings. The van der Waals surface area contributed by atoms with E-state index in [9.17, 15) is 4.79 Å². The lowest BCUT2D eigenvalue weighted by Gasteiger charge is -2.17. The smallest absolute Gasteiger partial charge is 0.257 e. The van der Waals surface area contributed by atoms with E-state index >= 15 is 0 Å². The van der Waals surface area contributed by atoms with Crippen LogP contribution < -0.4 is 14.8 Å². The third-order valence-corrected chi connectivity index (χ3v) is 3.42. The summed E-state index contributed by atoms with van der Waals surface area (Å²) in [6.07, 6.45) is 1.60. The van der Waals surface area contributed by atoms with E-state index in [1.807, 2.05) is 6.07 Å². The molecule has 1 amide bonds. The average molecular weight is 298 g/mol. The fourth-order valence-electron chi connectivity index (χ4n) is 2.15. The second-order valence-electron chi connectivity index (χ2n) is 6.20. The first-order valence-electron chi connectivity index (χ1n) is 7.11. The number of nitrogens with zero attached hydrogens (tertiary/aromatic N) is 1. The van der Waals surface area contributed by atoms with Crippen LogP contribution in [0, 0.1) is 0 Å². The number of nitrogens with one attached hydrogen (secondary N) is 1. The molecule has 1 aromatic carbocycles. The third-order valence-electron chi connectivity index (χ3n) is 3.42. The molecule has 0 bridgehead atoms. The van der Waals surface area contributed by atoms with Gasteiger partial charge in [-0.3, -0.25) is 9.78 Å². The molecular formula is C17H18N2O3. The number of ether oxygens (including phenoxy) is 2. The van der Waals surface area contributed by atoms with Crippen LogP contribution in [0.3, 0.4) is 0 Å². The summed E-state index contributed by atoms with van der Waals surface area (Å²) < 4.78 is 10.5. The number of amides is 1. The number of fused-ring (bicyclic) bond motifs is 1. The Bertz CT molecular complexity index is 703. The monoisotopic (exact) mass is 298 g/mol.